The molecule has 0 saturated heterocycles. The van der Waals surface area contributed by atoms with E-state index in [1.165, 1.54) is 43.5 Å². The van der Waals surface area contributed by atoms with Crippen molar-refractivity contribution in [1.29, 1.82) is 10.5 Å². The average Bonchev–Trinajstić information content (AvgIpc) is 2.82. The predicted molar refractivity (Wildman–Crippen MR) is 136 cm³/mol. The Kier molecular flexibility index (Phi) is 7.62. The molecule has 9 heteroatoms. The summed E-state index contributed by atoms with van der Waals surface area (Å²) in [5, 5.41) is 22.2. The molecular formula is C27H23ClN4O4. The van der Waals surface area contributed by atoms with Gasteiger partial charge in [0.25, 0.3) is 5.56 Å². The Bertz CT molecular complexity index is 1470. The minimum absolute atomic E-state index is 0.106. The Hall–Kier alpha value is -4.40. The van der Waals surface area contributed by atoms with E-state index in [9.17, 15) is 24.9 Å². The zero-order valence-corrected chi connectivity index (χ0v) is 20.9. The fourth-order valence-corrected chi connectivity index (χ4v) is 3.57. The average molecular weight is 503 g/mol. The molecule has 1 atom stereocenters. The van der Waals surface area contributed by atoms with Crippen molar-refractivity contribution < 1.29 is 14.3 Å². The highest BCUT2D eigenvalue weighted by atomic mass is 35.5. The predicted octanol–water partition coefficient (Wildman–Crippen LogP) is 5.07. The number of nitrogens with zero attached hydrogens (tertiary/aromatic N) is 3. The summed E-state index contributed by atoms with van der Waals surface area (Å²) in [4.78, 5) is 37.9. The van der Waals surface area contributed by atoms with E-state index in [0.29, 0.717) is 21.8 Å². The molecule has 0 aliphatic carbocycles. The van der Waals surface area contributed by atoms with Crippen molar-refractivity contribution in [3.63, 3.8) is 0 Å². The summed E-state index contributed by atoms with van der Waals surface area (Å²) in [6.07, 6.45) is 1.29. The number of hydrogen-bond donors (Lipinski definition) is 1. The first-order valence-corrected chi connectivity index (χ1v) is 11.3. The van der Waals surface area contributed by atoms with Gasteiger partial charge in [-0.05, 0) is 70.2 Å². The van der Waals surface area contributed by atoms with Gasteiger partial charge < -0.3 is 14.6 Å². The van der Waals surface area contributed by atoms with Gasteiger partial charge in [-0.15, -0.1) is 0 Å². The maximum Gasteiger partial charge on any atom is 0.338 e. The lowest BCUT2D eigenvalue weighted by molar-refractivity contribution is -0.118. The molecule has 1 heterocycles. The van der Waals surface area contributed by atoms with Crippen molar-refractivity contribution in [2.24, 2.45) is 0 Å². The van der Waals surface area contributed by atoms with Gasteiger partial charge in [-0.25, -0.2) is 4.79 Å². The standard InChI is InChI=1S/C27H23ClN4O4/c1-16(25(34)31-21-9-6-17(7-10-21)26(35)36-27(2,3)4)32-15-19(14-30)23(12-24(32)33)22-11-20(28)8-5-18(22)13-29/h5-12,15-16H,1-4H3,(H,31,34). The van der Waals surface area contributed by atoms with Crippen LogP contribution in [0.3, 0.4) is 0 Å². The second-order valence-electron chi connectivity index (χ2n) is 9.00. The quantitative estimate of drug-likeness (QED) is 0.486. The number of pyridine rings is 1. The molecule has 0 fully saturated rings. The van der Waals surface area contributed by atoms with Crippen LogP contribution in [0.1, 0.15) is 55.2 Å². The van der Waals surface area contributed by atoms with Gasteiger partial charge >= 0.3 is 5.97 Å². The summed E-state index contributed by atoms with van der Waals surface area (Å²) in [5.74, 6) is -0.983. The summed E-state index contributed by atoms with van der Waals surface area (Å²) in [7, 11) is 0. The van der Waals surface area contributed by atoms with Crippen molar-refractivity contribution >= 4 is 29.2 Å². The molecule has 1 unspecified atom stereocenters. The molecule has 0 spiro atoms. The normalized spacial score (nSPS) is 11.6. The molecule has 0 saturated carbocycles. The number of benzene rings is 2. The third-order valence-corrected chi connectivity index (χ3v) is 5.41. The molecule has 1 amide bonds. The number of esters is 1. The van der Waals surface area contributed by atoms with Crippen LogP contribution < -0.4 is 10.9 Å². The number of hydrogen-bond acceptors (Lipinski definition) is 6. The number of aromatic nitrogens is 1. The number of rotatable bonds is 5. The van der Waals surface area contributed by atoms with Crippen molar-refractivity contribution in [3.05, 3.63) is 86.8 Å². The van der Waals surface area contributed by atoms with Crippen LogP contribution in [0, 0.1) is 22.7 Å². The molecule has 1 aromatic heterocycles. The van der Waals surface area contributed by atoms with Crippen LogP contribution in [-0.2, 0) is 9.53 Å². The van der Waals surface area contributed by atoms with Crippen LogP contribution in [0.5, 0.6) is 0 Å². The summed E-state index contributed by atoms with van der Waals surface area (Å²) in [5.41, 5.74) is 0.560. The van der Waals surface area contributed by atoms with E-state index in [1.807, 2.05) is 12.1 Å². The molecule has 0 radical (unpaired) electrons. The lowest BCUT2D eigenvalue weighted by atomic mass is 9.97. The van der Waals surface area contributed by atoms with Gasteiger partial charge in [-0.1, -0.05) is 11.6 Å². The van der Waals surface area contributed by atoms with Gasteiger partial charge in [0.05, 0.1) is 22.8 Å². The molecule has 36 heavy (non-hydrogen) atoms. The molecule has 0 bridgehead atoms. The van der Waals surface area contributed by atoms with Crippen LogP contribution >= 0.6 is 11.6 Å². The van der Waals surface area contributed by atoms with Gasteiger partial charge in [-0.3, -0.25) is 9.59 Å². The molecule has 0 aliphatic rings. The maximum atomic E-state index is 12.9. The Labute approximate surface area is 213 Å². The number of carbonyl (C=O) groups is 2. The fourth-order valence-electron chi connectivity index (χ4n) is 3.40. The molecule has 2 aromatic carbocycles. The van der Waals surface area contributed by atoms with Crippen molar-refractivity contribution in [1.82, 2.24) is 4.57 Å². The summed E-state index contributed by atoms with van der Waals surface area (Å²) in [6.45, 7) is 6.83. The lowest BCUT2D eigenvalue weighted by Gasteiger charge is -2.19. The van der Waals surface area contributed by atoms with Crippen molar-refractivity contribution in [2.45, 2.75) is 39.3 Å². The highest BCUT2D eigenvalue weighted by Gasteiger charge is 2.21. The first kappa shape index (κ1) is 26.2. The molecule has 3 aromatic rings. The topological polar surface area (TPSA) is 125 Å². The minimum Gasteiger partial charge on any atom is -0.456 e. The van der Waals surface area contributed by atoms with E-state index < -0.39 is 29.1 Å². The second kappa shape index (κ2) is 10.5. The van der Waals surface area contributed by atoms with E-state index >= 15 is 0 Å². The van der Waals surface area contributed by atoms with Gasteiger partial charge in [0.15, 0.2) is 0 Å². The Morgan fingerprint density at radius 2 is 1.61 bits per heavy atom. The van der Waals surface area contributed by atoms with Gasteiger partial charge in [0.2, 0.25) is 5.91 Å². The maximum absolute atomic E-state index is 12.9. The molecule has 0 aliphatic heterocycles. The number of carbonyl (C=O) groups excluding carboxylic acids is 2. The Morgan fingerprint density at radius 1 is 1.00 bits per heavy atom. The van der Waals surface area contributed by atoms with Crippen molar-refractivity contribution in [2.75, 3.05) is 5.32 Å². The molecule has 3 rings (SSSR count). The number of amides is 1. The van der Waals surface area contributed by atoms with Crippen LogP contribution in [0.4, 0.5) is 5.69 Å². The summed E-state index contributed by atoms with van der Waals surface area (Å²) < 4.78 is 6.46. The Balaban J connectivity index is 1.85. The number of nitriles is 2. The van der Waals surface area contributed by atoms with Crippen LogP contribution in [-0.4, -0.2) is 22.0 Å². The lowest BCUT2D eigenvalue weighted by Crippen LogP contribution is -2.31. The number of ether oxygens (including phenoxy) is 1. The SMILES string of the molecule is CC(C(=O)Nc1ccc(C(=O)OC(C)(C)C)cc1)n1cc(C#N)c(-c2cc(Cl)ccc2C#N)cc1=O. The van der Waals surface area contributed by atoms with Crippen LogP contribution in [0.25, 0.3) is 11.1 Å². The minimum atomic E-state index is -0.959. The number of anilines is 1. The smallest absolute Gasteiger partial charge is 0.338 e. The highest BCUT2D eigenvalue weighted by molar-refractivity contribution is 6.31. The highest BCUT2D eigenvalue weighted by Crippen LogP contribution is 2.29. The van der Waals surface area contributed by atoms with Crippen LogP contribution in [0.15, 0.2) is 59.5 Å². The first-order chi connectivity index (χ1) is 16.9. The molecule has 182 valence electrons. The largest absolute Gasteiger partial charge is 0.456 e. The van der Waals surface area contributed by atoms with E-state index in [0.717, 1.165) is 4.57 Å². The number of halogens is 1. The zero-order valence-electron chi connectivity index (χ0n) is 20.1. The van der Waals surface area contributed by atoms with Gasteiger partial charge in [0, 0.05) is 34.1 Å². The third-order valence-electron chi connectivity index (χ3n) is 5.18. The van der Waals surface area contributed by atoms with Crippen molar-refractivity contribution in [3.8, 4) is 23.3 Å². The van der Waals surface area contributed by atoms with E-state index in [1.54, 1.807) is 39.0 Å². The summed E-state index contributed by atoms with van der Waals surface area (Å²) >= 11 is 6.06. The second-order valence-corrected chi connectivity index (χ2v) is 9.44. The summed E-state index contributed by atoms with van der Waals surface area (Å²) in [6, 6.07) is 15.0. The van der Waals surface area contributed by atoms with Gasteiger partial charge in [-0.2, -0.15) is 10.5 Å². The first-order valence-electron chi connectivity index (χ1n) is 10.9. The van der Waals surface area contributed by atoms with E-state index in [2.05, 4.69) is 5.32 Å². The van der Waals surface area contributed by atoms with E-state index in [-0.39, 0.29) is 16.7 Å². The fraction of sp³-hybridized carbons (Fsp3) is 0.222. The third kappa shape index (κ3) is 5.99. The number of nitrogens with one attached hydrogen (secondary N) is 1. The monoisotopic (exact) mass is 502 g/mol. The zero-order chi connectivity index (χ0) is 26.6. The molecular weight excluding hydrogens is 480 g/mol. The van der Waals surface area contributed by atoms with E-state index in [4.69, 9.17) is 16.3 Å². The molecule has 8 nitrogen and oxygen atoms in total. The Morgan fingerprint density at radius 3 is 2.19 bits per heavy atom. The van der Waals surface area contributed by atoms with Crippen LogP contribution in [0.2, 0.25) is 5.02 Å². The molecule has 1 N–H and O–H groups in total. The van der Waals surface area contributed by atoms with Gasteiger partial charge in [0.1, 0.15) is 17.7 Å².